The highest BCUT2D eigenvalue weighted by Crippen LogP contribution is 2.16. The molecule has 1 aromatic heterocycles. The minimum absolute atomic E-state index is 0.145. The highest BCUT2D eigenvalue weighted by molar-refractivity contribution is 7.89. The number of halogens is 1. The molecule has 0 spiro atoms. The lowest BCUT2D eigenvalue weighted by Gasteiger charge is -2.16. The quantitative estimate of drug-likeness (QED) is 0.519. The normalized spacial score (nSPS) is 14.5. The molecule has 10 heteroatoms. The number of aromatic nitrogens is 3. The van der Waals surface area contributed by atoms with E-state index in [-0.39, 0.29) is 12.3 Å². The lowest BCUT2D eigenvalue weighted by molar-refractivity contribution is 0.504. The number of hydrogen-bond acceptors (Lipinski definition) is 5. The summed E-state index contributed by atoms with van der Waals surface area (Å²) in [4.78, 5) is 4.50. The number of nitrogens with one attached hydrogen (secondary N) is 2. The van der Waals surface area contributed by atoms with E-state index in [0.29, 0.717) is 30.2 Å². The Kier molecular flexibility index (Phi) is 6.83. The number of hydrogen-bond donors (Lipinski definition) is 2. The van der Waals surface area contributed by atoms with E-state index in [1.807, 2.05) is 6.92 Å². The highest BCUT2D eigenvalue weighted by Gasteiger charge is 2.16. The third-order valence-electron chi connectivity index (χ3n) is 4.69. The molecule has 158 valence electrons. The Balaban J connectivity index is 1.73. The summed E-state index contributed by atoms with van der Waals surface area (Å²) in [6.07, 6.45) is 4.37. The van der Waals surface area contributed by atoms with E-state index in [4.69, 9.17) is 0 Å². The van der Waals surface area contributed by atoms with Crippen LogP contribution in [-0.4, -0.2) is 41.9 Å². The first-order valence-electron chi connectivity index (χ1n) is 9.74. The summed E-state index contributed by atoms with van der Waals surface area (Å²) in [6, 6.07) is 4.11. The lowest BCUT2D eigenvalue weighted by atomic mass is 10.1. The maximum Gasteiger partial charge on any atom is 0.191 e. The van der Waals surface area contributed by atoms with Gasteiger partial charge in [0.2, 0.25) is 0 Å². The zero-order valence-electron chi connectivity index (χ0n) is 16.8. The molecule has 0 saturated heterocycles. The van der Waals surface area contributed by atoms with Crippen LogP contribution in [0.1, 0.15) is 42.5 Å². The standard InChI is InChI=1S/C19H27FN6O2S/c1-3-21-19(23-12-18-25-24-17-6-4-5-9-26(17)18)22-11-15-10-16(20)8-7-14(15)13-29(2,27)28/h7-8,10H,3-6,9,11-13H2,1-2H3,(H2,21,22,23). The Morgan fingerprint density at radius 2 is 2.07 bits per heavy atom. The van der Waals surface area contributed by atoms with E-state index >= 15 is 0 Å². The van der Waals surface area contributed by atoms with Crippen molar-refractivity contribution in [2.45, 2.75) is 51.6 Å². The third-order valence-corrected chi connectivity index (χ3v) is 5.52. The Morgan fingerprint density at radius 3 is 2.83 bits per heavy atom. The fourth-order valence-electron chi connectivity index (χ4n) is 3.33. The van der Waals surface area contributed by atoms with Crippen molar-refractivity contribution in [3.63, 3.8) is 0 Å². The molecule has 0 aliphatic carbocycles. The zero-order chi connectivity index (χ0) is 20.9. The number of nitrogens with zero attached hydrogens (tertiary/aromatic N) is 4. The van der Waals surface area contributed by atoms with Gasteiger partial charge in [0.1, 0.15) is 11.6 Å². The minimum Gasteiger partial charge on any atom is -0.357 e. The van der Waals surface area contributed by atoms with Crippen LogP contribution in [0.25, 0.3) is 0 Å². The molecule has 0 atom stereocenters. The van der Waals surface area contributed by atoms with Crippen LogP contribution >= 0.6 is 0 Å². The molecule has 29 heavy (non-hydrogen) atoms. The lowest BCUT2D eigenvalue weighted by Crippen LogP contribution is -2.37. The van der Waals surface area contributed by atoms with Crippen molar-refractivity contribution in [2.75, 3.05) is 12.8 Å². The fourth-order valence-corrected chi connectivity index (χ4v) is 4.18. The first-order valence-corrected chi connectivity index (χ1v) is 11.8. The molecule has 0 saturated carbocycles. The average molecular weight is 423 g/mol. The molecule has 0 amide bonds. The van der Waals surface area contributed by atoms with Crippen LogP contribution in [0, 0.1) is 5.82 Å². The van der Waals surface area contributed by atoms with E-state index < -0.39 is 15.7 Å². The second-order valence-corrected chi connectivity index (χ2v) is 9.31. The largest absolute Gasteiger partial charge is 0.357 e. The molecule has 0 bridgehead atoms. The van der Waals surface area contributed by atoms with E-state index in [1.165, 1.54) is 18.2 Å². The van der Waals surface area contributed by atoms with E-state index in [1.54, 1.807) is 0 Å². The number of rotatable bonds is 7. The van der Waals surface area contributed by atoms with E-state index in [0.717, 1.165) is 43.7 Å². The van der Waals surface area contributed by atoms with Gasteiger partial charge in [0.15, 0.2) is 21.6 Å². The van der Waals surface area contributed by atoms with Gasteiger partial charge in [-0.05, 0) is 43.0 Å². The first kappa shape index (κ1) is 21.2. The van der Waals surface area contributed by atoms with Gasteiger partial charge in [-0.25, -0.2) is 17.8 Å². The van der Waals surface area contributed by atoms with Crippen molar-refractivity contribution < 1.29 is 12.8 Å². The van der Waals surface area contributed by atoms with E-state index in [9.17, 15) is 12.8 Å². The maximum atomic E-state index is 13.7. The SMILES string of the molecule is CCNC(=NCc1cc(F)ccc1CS(C)(=O)=O)NCc1nnc2n1CCCC2. The van der Waals surface area contributed by atoms with Crippen LogP contribution in [0.2, 0.25) is 0 Å². The van der Waals surface area contributed by atoms with Gasteiger partial charge < -0.3 is 15.2 Å². The Bertz CT molecular complexity index is 987. The predicted molar refractivity (Wildman–Crippen MR) is 110 cm³/mol. The predicted octanol–water partition coefficient (Wildman–Crippen LogP) is 1.55. The summed E-state index contributed by atoms with van der Waals surface area (Å²) < 4.78 is 39.2. The second kappa shape index (κ2) is 9.34. The molecule has 8 nitrogen and oxygen atoms in total. The zero-order valence-corrected chi connectivity index (χ0v) is 17.6. The van der Waals surface area contributed by atoms with Crippen molar-refractivity contribution in [3.8, 4) is 0 Å². The Labute approximate surface area is 170 Å². The van der Waals surface area contributed by atoms with Crippen LogP contribution in [0.5, 0.6) is 0 Å². The van der Waals surface area contributed by atoms with Crippen molar-refractivity contribution >= 4 is 15.8 Å². The first-order chi connectivity index (χ1) is 13.9. The van der Waals surface area contributed by atoms with Gasteiger partial charge in [-0.15, -0.1) is 10.2 Å². The molecule has 2 aromatic rings. The van der Waals surface area contributed by atoms with Gasteiger partial charge in [-0.1, -0.05) is 6.07 Å². The van der Waals surface area contributed by atoms with Crippen LogP contribution in [0.3, 0.4) is 0 Å². The van der Waals surface area contributed by atoms with Crippen molar-refractivity contribution in [3.05, 3.63) is 46.8 Å². The summed E-state index contributed by atoms with van der Waals surface area (Å²) in [5.74, 6) is 1.86. The minimum atomic E-state index is -3.23. The molecule has 2 heterocycles. The Morgan fingerprint density at radius 1 is 1.24 bits per heavy atom. The molecule has 3 rings (SSSR count). The van der Waals surface area contributed by atoms with Gasteiger partial charge in [0.25, 0.3) is 0 Å². The second-order valence-electron chi connectivity index (χ2n) is 7.17. The monoisotopic (exact) mass is 422 g/mol. The summed E-state index contributed by atoms with van der Waals surface area (Å²) in [5.41, 5.74) is 1.10. The number of sulfone groups is 1. The van der Waals surface area contributed by atoms with Crippen LogP contribution < -0.4 is 10.6 Å². The van der Waals surface area contributed by atoms with Crippen LogP contribution in [-0.2, 0) is 41.6 Å². The fraction of sp³-hybridized carbons (Fsp3) is 0.526. The van der Waals surface area contributed by atoms with Gasteiger partial charge >= 0.3 is 0 Å². The van der Waals surface area contributed by atoms with Gasteiger partial charge in [0, 0.05) is 25.8 Å². The molecule has 1 aliphatic heterocycles. The number of fused-ring (bicyclic) bond motifs is 1. The molecule has 2 N–H and O–H groups in total. The van der Waals surface area contributed by atoms with Gasteiger partial charge in [-0.3, -0.25) is 0 Å². The molecule has 0 radical (unpaired) electrons. The molecule has 1 aliphatic rings. The van der Waals surface area contributed by atoms with Gasteiger partial charge in [-0.2, -0.15) is 0 Å². The summed E-state index contributed by atoms with van der Waals surface area (Å²) >= 11 is 0. The summed E-state index contributed by atoms with van der Waals surface area (Å²) in [5, 5.41) is 14.9. The third kappa shape index (κ3) is 5.99. The molecule has 1 aromatic carbocycles. The number of benzene rings is 1. The topological polar surface area (TPSA) is 101 Å². The molecule has 0 unspecified atom stereocenters. The maximum absolute atomic E-state index is 13.7. The molecule has 0 fully saturated rings. The van der Waals surface area contributed by atoms with E-state index in [2.05, 4.69) is 30.4 Å². The smallest absolute Gasteiger partial charge is 0.191 e. The van der Waals surface area contributed by atoms with Gasteiger partial charge in [0.05, 0.1) is 18.8 Å². The Hall–Kier alpha value is -2.49. The van der Waals surface area contributed by atoms with Crippen molar-refractivity contribution in [2.24, 2.45) is 4.99 Å². The number of aryl methyl sites for hydroxylation is 1. The average Bonchev–Trinajstić information content (AvgIpc) is 3.08. The van der Waals surface area contributed by atoms with Crippen molar-refractivity contribution in [1.82, 2.24) is 25.4 Å². The summed E-state index contributed by atoms with van der Waals surface area (Å²) in [6.45, 7) is 4.16. The van der Waals surface area contributed by atoms with Crippen LogP contribution in [0.15, 0.2) is 23.2 Å². The van der Waals surface area contributed by atoms with Crippen LogP contribution in [0.4, 0.5) is 4.39 Å². The summed E-state index contributed by atoms with van der Waals surface area (Å²) in [7, 11) is -3.23. The molecular weight excluding hydrogens is 395 g/mol. The van der Waals surface area contributed by atoms with Crippen molar-refractivity contribution in [1.29, 1.82) is 0 Å². The molecular formula is C19H27FN6O2S. The number of aliphatic imine (C=N–C) groups is 1. The highest BCUT2D eigenvalue weighted by atomic mass is 32.2. The number of guanidine groups is 1.